The largest absolute Gasteiger partial charge is 0.493 e. The number of aliphatic hydroxyl groups is 1. The van der Waals surface area contributed by atoms with Gasteiger partial charge < -0.3 is 20.3 Å². The molecule has 0 fully saturated rings. The van der Waals surface area contributed by atoms with E-state index in [1.165, 1.54) is 6.07 Å². The van der Waals surface area contributed by atoms with Crippen LogP contribution < -0.4 is 10.1 Å². The third kappa shape index (κ3) is 5.64. The summed E-state index contributed by atoms with van der Waals surface area (Å²) in [5.74, 6) is -1.35. The number of carboxylic acids is 1. The Kier molecular flexibility index (Phi) is 6.57. The van der Waals surface area contributed by atoms with Crippen molar-refractivity contribution in [1.29, 1.82) is 0 Å². The first-order valence-electron chi connectivity index (χ1n) is 5.65. The predicted octanol–water partition coefficient (Wildman–Crippen LogP) is 1.32. The second-order valence-electron chi connectivity index (χ2n) is 3.83. The number of amides is 1. The lowest BCUT2D eigenvalue weighted by Gasteiger charge is -2.09. The summed E-state index contributed by atoms with van der Waals surface area (Å²) < 4.78 is 5.28. The average Bonchev–Trinajstić information content (AvgIpc) is 2.40. The van der Waals surface area contributed by atoms with Crippen molar-refractivity contribution in [3.05, 3.63) is 28.2 Å². The Balaban J connectivity index is 2.28. The van der Waals surface area contributed by atoms with Crippen LogP contribution >= 0.6 is 23.2 Å². The molecule has 0 saturated heterocycles. The molecule has 0 spiro atoms. The number of hydrogen-bond acceptors (Lipinski definition) is 4. The van der Waals surface area contributed by atoms with Crippen LogP contribution in [0.2, 0.25) is 10.0 Å². The Morgan fingerprint density at radius 3 is 2.60 bits per heavy atom. The van der Waals surface area contributed by atoms with Crippen molar-refractivity contribution in [2.75, 3.05) is 13.2 Å². The van der Waals surface area contributed by atoms with Crippen LogP contribution in [0.25, 0.3) is 0 Å². The van der Waals surface area contributed by atoms with Gasteiger partial charge in [-0.1, -0.05) is 23.2 Å². The highest BCUT2D eigenvalue weighted by atomic mass is 35.5. The molecule has 1 amide bonds. The molecule has 0 aliphatic rings. The minimum absolute atomic E-state index is 0.0204. The molecule has 0 aliphatic heterocycles. The number of hydrogen-bond donors (Lipinski definition) is 3. The number of aliphatic carboxylic acids is 1. The number of carboxylic acid groups (broad SMARTS) is 1. The molecule has 0 radical (unpaired) electrons. The van der Waals surface area contributed by atoms with E-state index in [2.05, 4.69) is 5.32 Å². The van der Waals surface area contributed by atoms with Crippen LogP contribution in [0.4, 0.5) is 0 Å². The number of benzene rings is 1. The smallest absolute Gasteiger partial charge is 0.334 e. The molecule has 0 heterocycles. The minimum atomic E-state index is -1.62. The zero-order chi connectivity index (χ0) is 15.1. The Morgan fingerprint density at radius 1 is 1.30 bits per heavy atom. The van der Waals surface area contributed by atoms with E-state index in [0.717, 1.165) is 0 Å². The van der Waals surface area contributed by atoms with E-state index >= 15 is 0 Å². The van der Waals surface area contributed by atoms with Gasteiger partial charge in [0.05, 0.1) is 29.6 Å². The lowest BCUT2D eigenvalue weighted by atomic mass is 10.3. The van der Waals surface area contributed by atoms with Crippen molar-refractivity contribution in [3.8, 4) is 5.75 Å². The molecule has 1 aromatic carbocycles. The molecule has 6 nitrogen and oxygen atoms in total. The molecule has 1 aromatic rings. The predicted molar refractivity (Wildman–Crippen MR) is 73.2 cm³/mol. The van der Waals surface area contributed by atoms with Crippen molar-refractivity contribution in [2.45, 2.75) is 12.5 Å². The van der Waals surface area contributed by atoms with E-state index in [4.69, 9.17) is 38.2 Å². The second kappa shape index (κ2) is 7.94. The number of aliphatic hydroxyl groups excluding tert-OH is 1. The summed E-state index contributed by atoms with van der Waals surface area (Å²) in [5.41, 5.74) is 0. The van der Waals surface area contributed by atoms with Crippen LogP contribution in [-0.4, -0.2) is 41.3 Å². The molecule has 3 N–H and O–H groups in total. The monoisotopic (exact) mass is 321 g/mol. The molecule has 20 heavy (non-hydrogen) atoms. The highest BCUT2D eigenvalue weighted by Gasteiger charge is 2.13. The number of carbonyl (C=O) groups is 2. The van der Waals surface area contributed by atoms with Crippen LogP contribution in [0, 0.1) is 0 Å². The summed E-state index contributed by atoms with van der Waals surface area (Å²) in [6.45, 7) is -0.256. The quantitative estimate of drug-likeness (QED) is 0.704. The minimum Gasteiger partial charge on any atom is -0.493 e. The van der Waals surface area contributed by atoms with Gasteiger partial charge in [-0.3, -0.25) is 4.79 Å². The summed E-state index contributed by atoms with van der Waals surface area (Å²) in [5, 5.41) is 20.4. The highest BCUT2D eigenvalue weighted by Crippen LogP contribution is 2.26. The van der Waals surface area contributed by atoms with Crippen LogP contribution in [-0.2, 0) is 9.59 Å². The fraction of sp³-hybridized carbons (Fsp3) is 0.333. The van der Waals surface area contributed by atoms with Gasteiger partial charge in [0.15, 0.2) is 6.10 Å². The zero-order valence-corrected chi connectivity index (χ0v) is 11.8. The summed E-state index contributed by atoms with van der Waals surface area (Å²) in [4.78, 5) is 21.7. The number of carbonyl (C=O) groups excluding carboxylic acids is 1. The van der Waals surface area contributed by atoms with Gasteiger partial charge in [0.25, 0.3) is 0 Å². The molecule has 1 atom stereocenters. The number of ether oxygens (including phenoxy) is 1. The van der Waals surface area contributed by atoms with Crippen LogP contribution in [0.15, 0.2) is 18.2 Å². The van der Waals surface area contributed by atoms with Gasteiger partial charge in [0.2, 0.25) is 5.91 Å². The van der Waals surface area contributed by atoms with Crippen molar-refractivity contribution in [2.24, 2.45) is 0 Å². The highest BCUT2D eigenvalue weighted by molar-refractivity contribution is 6.42. The maximum absolute atomic E-state index is 11.3. The average molecular weight is 322 g/mol. The Bertz CT molecular complexity index is 495. The Labute approximate surface area is 125 Å². The van der Waals surface area contributed by atoms with E-state index in [1.54, 1.807) is 12.1 Å². The molecule has 8 heteroatoms. The number of rotatable bonds is 7. The normalized spacial score (nSPS) is 11.8. The summed E-state index contributed by atoms with van der Waals surface area (Å²) in [7, 11) is 0. The number of nitrogens with one attached hydrogen (secondary N) is 1. The molecule has 110 valence electrons. The third-order valence-electron chi connectivity index (χ3n) is 2.27. The first kappa shape index (κ1) is 16.6. The van der Waals surface area contributed by atoms with Gasteiger partial charge >= 0.3 is 5.97 Å². The fourth-order valence-electron chi connectivity index (χ4n) is 1.21. The molecule has 0 saturated carbocycles. The topological polar surface area (TPSA) is 95.9 Å². The maximum Gasteiger partial charge on any atom is 0.334 e. The lowest BCUT2D eigenvalue weighted by molar-refractivity contribution is -0.146. The molecule has 0 bridgehead atoms. The van der Waals surface area contributed by atoms with E-state index in [0.29, 0.717) is 15.8 Å². The van der Waals surface area contributed by atoms with Gasteiger partial charge in [-0.2, -0.15) is 0 Å². The van der Waals surface area contributed by atoms with Gasteiger partial charge in [-0.15, -0.1) is 0 Å². The molecule has 1 unspecified atom stereocenters. The summed E-state index contributed by atoms with van der Waals surface area (Å²) in [6, 6.07) is 4.71. The van der Waals surface area contributed by atoms with Crippen LogP contribution in [0.5, 0.6) is 5.75 Å². The van der Waals surface area contributed by atoms with Gasteiger partial charge in [-0.05, 0) is 12.1 Å². The zero-order valence-electron chi connectivity index (χ0n) is 10.3. The second-order valence-corrected chi connectivity index (χ2v) is 4.65. The van der Waals surface area contributed by atoms with Crippen molar-refractivity contribution >= 4 is 35.1 Å². The summed E-state index contributed by atoms with van der Waals surface area (Å²) >= 11 is 11.5. The third-order valence-corrected chi connectivity index (χ3v) is 3.01. The molecule has 0 aliphatic carbocycles. The van der Waals surface area contributed by atoms with E-state index in [-0.39, 0.29) is 19.6 Å². The first-order valence-corrected chi connectivity index (χ1v) is 6.41. The van der Waals surface area contributed by atoms with Crippen LogP contribution in [0.1, 0.15) is 6.42 Å². The summed E-state index contributed by atoms with van der Waals surface area (Å²) in [6.07, 6.45) is -1.60. The van der Waals surface area contributed by atoms with E-state index < -0.39 is 18.0 Å². The van der Waals surface area contributed by atoms with E-state index in [1.807, 2.05) is 0 Å². The van der Waals surface area contributed by atoms with Crippen molar-refractivity contribution in [3.63, 3.8) is 0 Å². The standard InChI is InChI=1S/C12H13Cl2NO5/c13-8-2-1-7(5-9(8)14)20-4-3-11(17)15-6-10(16)12(18)19/h1-2,5,10,16H,3-4,6H2,(H,15,17)(H,18,19). The van der Waals surface area contributed by atoms with Crippen LogP contribution in [0.3, 0.4) is 0 Å². The Morgan fingerprint density at radius 2 is 2.00 bits per heavy atom. The molecule has 0 aromatic heterocycles. The molecule has 1 rings (SSSR count). The maximum atomic E-state index is 11.3. The lowest BCUT2D eigenvalue weighted by Crippen LogP contribution is -2.36. The van der Waals surface area contributed by atoms with E-state index in [9.17, 15) is 9.59 Å². The van der Waals surface area contributed by atoms with Gasteiger partial charge in [-0.25, -0.2) is 4.79 Å². The van der Waals surface area contributed by atoms with Crippen molar-refractivity contribution in [1.82, 2.24) is 5.32 Å². The number of halogens is 2. The van der Waals surface area contributed by atoms with Gasteiger partial charge in [0.1, 0.15) is 5.75 Å². The fourth-order valence-corrected chi connectivity index (χ4v) is 1.50. The molecular formula is C12H13Cl2NO5. The SMILES string of the molecule is O=C(CCOc1ccc(Cl)c(Cl)c1)NCC(O)C(=O)O. The first-order chi connectivity index (χ1) is 9.40. The van der Waals surface area contributed by atoms with Crippen molar-refractivity contribution < 1.29 is 24.5 Å². The Hall–Kier alpha value is -1.50. The molecular weight excluding hydrogens is 309 g/mol. The van der Waals surface area contributed by atoms with Gasteiger partial charge in [0, 0.05) is 6.07 Å².